The molecule has 0 aliphatic heterocycles. The molecule has 0 atom stereocenters. The number of nitrogens with one attached hydrogen (secondary N) is 2. The van der Waals surface area contributed by atoms with E-state index in [0.29, 0.717) is 11.1 Å². The summed E-state index contributed by atoms with van der Waals surface area (Å²) in [5, 5.41) is 75.8. The van der Waals surface area contributed by atoms with Gasteiger partial charge in [-0.1, -0.05) is 61.1 Å². The number of rotatable bonds is 4. The normalized spacial score (nSPS) is 6.79. The van der Waals surface area contributed by atoms with E-state index in [9.17, 15) is 19.2 Å². The fraction of sp³-hybridized carbons (Fsp3) is 0. The molecular formula is C29H25FeN9O9S5+. The predicted octanol–water partition coefficient (Wildman–Crippen LogP) is 4.33. The summed E-state index contributed by atoms with van der Waals surface area (Å²) in [5.41, 5.74) is 1.14. The fourth-order valence-electron chi connectivity index (χ4n) is 2.05. The minimum atomic E-state index is -0.919. The molecule has 0 spiro atoms. The van der Waals surface area contributed by atoms with Crippen molar-refractivity contribution in [2.45, 2.75) is 0 Å². The SMILES string of the molecule is O=C(O)c1cc[nH+]cc1.O=C(O)c1cc[nH+]cc1.O=C(O)c1ccncc1.O=C(O)c1ccncc1.[Fe+3].[N-]=C=S.[N-]=C=S.[N-]=C=S.[N-]=C=S.[N-]=C=S.[OH3+]. The van der Waals surface area contributed by atoms with Gasteiger partial charge in [0.1, 0.15) is 0 Å². The first-order valence-electron chi connectivity index (χ1n) is 12.0. The average Bonchev–Trinajstić information content (AvgIpc) is 3.12. The number of isothiocyanates is 5. The zero-order valence-electron chi connectivity index (χ0n) is 26.3. The molecule has 18 nitrogen and oxygen atoms in total. The van der Waals surface area contributed by atoms with Gasteiger partial charge in [0.25, 0.3) is 0 Å². The fourth-order valence-corrected chi connectivity index (χ4v) is 2.05. The molecule has 0 aliphatic rings. The number of aromatic nitrogens is 4. The second-order valence-corrected chi connectivity index (χ2v) is 7.64. The Morgan fingerprint density at radius 3 is 0.717 bits per heavy atom. The molecule has 0 unspecified atom stereocenters. The zero-order chi connectivity index (χ0) is 40.3. The summed E-state index contributed by atoms with van der Waals surface area (Å²) in [6, 6.07) is 11.8. The maximum absolute atomic E-state index is 10.2. The van der Waals surface area contributed by atoms with E-state index in [1.165, 1.54) is 99.1 Å². The number of hydrogen-bond acceptors (Lipinski definition) is 11. The van der Waals surface area contributed by atoms with Crippen LogP contribution in [-0.4, -0.2) is 80.1 Å². The van der Waals surface area contributed by atoms with Gasteiger partial charge in [0.15, 0.2) is 24.8 Å². The maximum atomic E-state index is 10.2. The third kappa shape index (κ3) is 50.4. The van der Waals surface area contributed by atoms with E-state index in [2.05, 4.69) is 81.0 Å². The van der Waals surface area contributed by atoms with Crippen LogP contribution in [0.3, 0.4) is 0 Å². The summed E-state index contributed by atoms with van der Waals surface area (Å²) in [7, 11) is 0. The van der Waals surface area contributed by atoms with Crippen molar-refractivity contribution in [2.75, 3.05) is 0 Å². The first-order chi connectivity index (χ1) is 24.3. The van der Waals surface area contributed by atoms with Crippen LogP contribution in [-0.2, 0) is 22.5 Å². The average molecular weight is 860 g/mol. The smallest absolute Gasteiger partial charge is 0.753 e. The van der Waals surface area contributed by atoms with Crippen molar-refractivity contribution in [3.8, 4) is 0 Å². The molecule has 9 N–H and O–H groups in total. The van der Waals surface area contributed by atoms with E-state index in [-0.39, 0.29) is 33.7 Å². The second kappa shape index (κ2) is 50.3. The zero-order valence-corrected chi connectivity index (χ0v) is 31.4. The molecule has 53 heavy (non-hydrogen) atoms. The van der Waals surface area contributed by atoms with E-state index in [0.717, 1.165) is 0 Å². The predicted molar refractivity (Wildman–Crippen MR) is 207 cm³/mol. The molecule has 0 saturated heterocycles. The van der Waals surface area contributed by atoms with Crippen LogP contribution in [0.2, 0.25) is 0 Å². The third-order valence-corrected chi connectivity index (χ3v) is 3.78. The van der Waals surface area contributed by atoms with Gasteiger partial charge in [-0.2, -0.15) is 25.8 Å². The Bertz CT molecular complexity index is 1450. The quantitative estimate of drug-likeness (QED) is 0.0960. The summed E-state index contributed by atoms with van der Waals surface area (Å²) in [4.78, 5) is 53.5. The Morgan fingerprint density at radius 1 is 0.453 bits per heavy atom. The Balaban J connectivity index is -0.0000000937. The molecular weight excluding hydrogens is 835 g/mol. The first kappa shape index (κ1) is 62.1. The van der Waals surface area contributed by atoms with Crippen LogP contribution in [0.25, 0.3) is 27.0 Å². The Kier molecular flexibility index (Phi) is 59.0. The van der Waals surface area contributed by atoms with Crippen LogP contribution in [0.1, 0.15) is 41.4 Å². The molecule has 0 bridgehead atoms. The molecule has 4 rings (SSSR count). The molecule has 1 radical (unpaired) electrons. The minimum absolute atomic E-state index is 0. The van der Waals surface area contributed by atoms with Gasteiger partial charge in [0.05, 0.1) is 22.3 Å². The van der Waals surface area contributed by atoms with E-state index in [4.69, 9.17) is 47.5 Å². The van der Waals surface area contributed by atoms with Crippen LogP contribution in [0, 0.1) is 0 Å². The van der Waals surface area contributed by atoms with Gasteiger partial charge in [-0.15, -0.1) is 0 Å². The molecule has 0 saturated carbocycles. The summed E-state index contributed by atoms with van der Waals surface area (Å²) >= 11 is 18.5. The van der Waals surface area contributed by atoms with Crippen molar-refractivity contribution in [1.82, 2.24) is 9.97 Å². The Morgan fingerprint density at radius 2 is 0.604 bits per heavy atom. The van der Waals surface area contributed by atoms with Gasteiger partial charge in [0.2, 0.25) is 0 Å². The van der Waals surface area contributed by atoms with Crippen LogP contribution in [0.4, 0.5) is 0 Å². The molecule has 0 fully saturated rings. The van der Waals surface area contributed by atoms with E-state index in [1.807, 2.05) is 0 Å². The number of carboxylic acid groups (broad SMARTS) is 4. The summed E-state index contributed by atoms with van der Waals surface area (Å²) in [5.74, 6) is -3.64. The molecule has 0 amide bonds. The van der Waals surface area contributed by atoms with E-state index in [1.54, 1.807) is 24.8 Å². The molecule has 24 heteroatoms. The largest absolute Gasteiger partial charge is 3.00 e. The van der Waals surface area contributed by atoms with Crippen LogP contribution in [0.15, 0.2) is 98.1 Å². The summed E-state index contributed by atoms with van der Waals surface area (Å²) in [6.45, 7) is 0. The van der Waals surface area contributed by atoms with Crippen LogP contribution >= 0.6 is 61.1 Å². The molecule has 0 aliphatic carbocycles. The van der Waals surface area contributed by atoms with Gasteiger partial charge in [-0.05, 0) is 24.3 Å². The van der Waals surface area contributed by atoms with Crippen molar-refractivity contribution >= 4 is 111 Å². The van der Waals surface area contributed by atoms with Gasteiger partial charge >= 0.3 is 40.9 Å². The van der Waals surface area contributed by atoms with Crippen molar-refractivity contribution in [1.29, 1.82) is 0 Å². The molecule has 277 valence electrons. The van der Waals surface area contributed by atoms with Crippen LogP contribution < -0.4 is 9.97 Å². The maximum Gasteiger partial charge on any atom is 3.00 e. The summed E-state index contributed by atoms with van der Waals surface area (Å²) in [6.07, 6.45) is 12.1. The van der Waals surface area contributed by atoms with E-state index >= 15 is 0 Å². The number of nitrogens with zero attached hydrogens (tertiary/aromatic N) is 7. The molecule has 4 aromatic heterocycles. The van der Waals surface area contributed by atoms with Crippen molar-refractivity contribution in [3.05, 3.63) is 147 Å². The number of H-pyrrole nitrogens is 2. The third-order valence-electron chi connectivity index (χ3n) is 3.78. The van der Waals surface area contributed by atoms with Gasteiger partial charge in [-0.25, -0.2) is 29.1 Å². The molecule has 4 heterocycles. The topological polar surface area (TPSA) is 348 Å². The monoisotopic (exact) mass is 859 g/mol. The molecule has 4 aromatic rings. The number of aromatic amines is 2. The van der Waals surface area contributed by atoms with E-state index < -0.39 is 23.9 Å². The van der Waals surface area contributed by atoms with Gasteiger partial charge in [0, 0.05) is 49.1 Å². The van der Waals surface area contributed by atoms with Crippen molar-refractivity contribution in [3.63, 3.8) is 0 Å². The number of aromatic carboxylic acids is 4. The van der Waals surface area contributed by atoms with Gasteiger partial charge in [-0.3, -0.25) is 9.97 Å². The second-order valence-electron chi connectivity index (χ2n) is 6.73. The molecule has 0 aromatic carbocycles. The number of carbonyl (C=O) groups is 4. The van der Waals surface area contributed by atoms with Crippen molar-refractivity contribution < 1.29 is 72.1 Å². The Hall–Kier alpha value is -6.04. The Labute approximate surface area is 338 Å². The number of hydrogen-bond donors (Lipinski definition) is 4. The van der Waals surface area contributed by atoms with Gasteiger partial charge < -0.3 is 52.9 Å². The minimum Gasteiger partial charge on any atom is -0.753 e. The number of pyridine rings is 4. The van der Waals surface area contributed by atoms with Crippen molar-refractivity contribution in [2.24, 2.45) is 0 Å². The number of thiocarbonyl (C=S) groups is 5. The standard InChI is InChI=1S/4C6H5NO2.5CNS.Fe.H2O/c4*8-6(9)5-1-3-7-4-2-5;5*2-1-3;;/h4*1-4H,(H,8,9);;;;;;;1H2/q;;;;5*-1;+3;/p+3. The summed E-state index contributed by atoms with van der Waals surface area (Å²) < 4.78 is 0. The first-order valence-corrected chi connectivity index (χ1v) is 14.1. The number of carboxylic acids is 4. The van der Waals surface area contributed by atoms with Crippen LogP contribution in [0.5, 0.6) is 0 Å².